The maximum atomic E-state index is 14.5. The van der Waals surface area contributed by atoms with Gasteiger partial charge in [-0.2, -0.15) is 8.78 Å². The van der Waals surface area contributed by atoms with Crippen LogP contribution in [0.5, 0.6) is 17.2 Å². The molecule has 3 rings (SSSR count). The maximum Gasteiger partial charge on any atom is 0.573 e. The highest BCUT2D eigenvalue weighted by atomic mass is 19.4. The van der Waals surface area contributed by atoms with Gasteiger partial charge in [-0.1, -0.05) is 19.3 Å². The minimum atomic E-state index is -5.48. The van der Waals surface area contributed by atoms with E-state index in [4.69, 9.17) is 4.74 Å². The Morgan fingerprint density at radius 2 is 1.34 bits per heavy atom. The standard InChI is InChI=1S/C24H15F9N2O3/c1-2-3-6-36-15-11-34-20(35-12-15)5-4-13-7-16(25)21(17(26)8-13)23(29,30)37-14-9-18(27)22(19(28)10-14)38-24(31,32)33/h7-12H,2-3,6H2,1H3. The van der Waals surface area contributed by atoms with Crippen molar-refractivity contribution in [1.82, 2.24) is 9.97 Å². The number of unbranched alkanes of at least 4 members (excludes halogenated alkanes) is 1. The zero-order valence-corrected chi connectivity index (χ0v) is 19.1. The van der Waals surface area contributed by atoms with E-state index in [1.807, 2.05) is 6.92 Å². The van der Waals surface area contributed by atoms with Crippen molar-refractivity contribution < 1.29 is 53.7 Å². The second kappa shape index (κ2) is 11.5. The summed E-state index contributed by atoms with van der Waals surface area (Å²) in [4.78, 5) is 7.78. The lowest BCUT2D eigenvalue weighted by Crippen LogP contribution is -2.25. The number of ether oxygens (including phenoxy) is 3. The Hall–Kier alpha value is -4.15. The van der Waals surface area contributed by atoms with Gasteiger partial charge in [-0.05, 0) is 24.5 Å². The molecular formula is C24H15F9N2O3. The number of hydrogen-bond acceptors (Lipinski definition) is 5. The highest BCUT2D eigenvalue weighted by Gasteiger charge is 2.42. The highest BCUT2D eigenvalue weighted by Crippen LogP contribution is 2.38. The molecule has 0 bridgehead atoms. The van der Waals surface area contributed by atoms with E-state index in [9.17, 15) is 39.5 Å². The second-order valence-electron chi connectivity index (χ2n) is 7.39. The molecule has 0 spiro atoms. The minimum absolute atomic E-state index is 0.0617. The molecule has 0 amide bonds. The first-order valence-corrected chi connectivity index (χ1v) is 10.6. The van der Waals surface area contributed by atoms with Gasteiger partial charge in [0.2, 0.25) is 11.6 Å². The van der Waals surface area contributed by atoms with Crippen LogP contribution in [-0.4, -0.2) is 22.9 Å². The normalized spacial score (nSPS) is 11.5. The van der Waals surface area contributed by atoms with E-state index in [-0.39, 0.29) is 18.0 Å². The Morgan fingerprint density at radius 1 is 0.763 bits per heavy atom. The van der Waals surface area contributed by atoms with Crippen molar-refractivity contribution in [2.45, 2.75) is 32.2 Å². The van der Waals surface area contributed by atoms with Crippen molar-refractivity contribution in [2.75, 3.05) is 6.61 Å². The Balaban J connectivity index is 1.80. The van der Waals surface area contributed by atoms with E-state index < -0.39 is 58.4 Å². The Kier molecular flexibility index (Phi) is 8.60. The average molecular weight is 550 g/mol. The summed E-state index contributed by atoms with van der Waals surface area (Å²) in [7, 11) is 0. The zero-order chi connectivity index (χ0) is 28.1. The fourth-order valence-corrected chi connectivity index (χ4v) is 2.85. The molecule has 0 unspecified atom stereocenters. The number of rotatable bonds is 8. The fourth-order valence-electron chi connectivity index (χ4n) is 2.85. The highest BCUT2D eigenvalue weighted by molar-refractivity contribution is 5.42. The summed E-state index contributed by atoms with van der Waals surface area (Å²) in [6.45, 7) is 2.43. The van der Waals surface area contributed by atoms with E-state index in [0.29, 0.717) is 24.5 Å². The Bertz CT molecular complexity index is 1300. The van der Waals surface area contributed by atoms with Gasteiger partial charge in [-0.25, -0.2) is 27.5 Å². The summed E-state index contributed by atoms with van der Waals surface area (Å²) in [5.41, 5.74) is -2.33. The molecular weight excluding hydrogens is 535 g/mol. The van der Waals surface area contributed by atoms with Crippen LogP contribution < -0.4 is 14.2 Å². The molecule has 3 aromatic rings. The van der Waals surface area contributed by atoms with Gasteiger partial charge in [0.1, 0.15) is 22.9 Å². The van der Waals surface area contributed by atoms with Gasteiger partial charge in [0.25, 0.3) is 0 Å². The van der Waals surface area contributed by atoms with Crippen LogP contribution in [0.25, 0.3) is 0 Å². The SMILES string of the molecule is CCCCOc1cnc(C#Cc2cc(F)c(C(F)(F)Oc3cc(F)c(OC(F)(F)F)c(F)c3)c(F)c2)nc1. The molecule has 0 saturated heterocycles. The maximum absolute atomic E-state index is 14.5. The van der Waals surface area contributed by atoms with E-state index >= 15 is 0 Å². The number of alkyl halides is 5. The van der Waals surface area contributed by atoms with Crippen LogP contribution in [0.2, 0.25) is 0 Å². The van der Waals surface area contributed by atoms with Crippen LogP contribution in [0.1, 0.15) is 36.7 Å². The second-order valence-corrected chi connectivity index (χ2v) is 7.39. The van der Waals surface area contributed by atoms with Crippen LogP contribution >= 0.6 is 0 Å². The first-order chi connectivity index (χ1) is 17.8. The quantitative estimate of drug-likeness (QED) is 0.179. The van der Waals surface area contributed by atoms with Gasteiger partial charge >= 0.3 is 12.5 Å². The number of halogens is 9. The molecule has 38 heavy (non-hydrogen) atoms. The van der Waals surface area contributed by atoms with Crippen molar-refractivity contribution in [3.8, 4) is 29.1 Å². The van der Waals surface area contributed by atoms with E-state index in [0.717, 1.165) is 12.8 Å². The first-order valence-electron chi connectivity index (χ1n) is 10.6. The molecule has 0 radical (unpaired) electrons. The van der Waals surface area contributed by atoms with Gasteiger partial charge in [0, 0.05) is 17.7 Å². The summed E-state index contributed by atoms with van der Waals surface area (Å²) >= 11 is 0. The van der Waals surface area contributed by atoms with Crippen molar-refractivity contribution >= 4 is 0 Å². The number of nitrogens with zero attached hydrogens (tertiary/aromatic N) is 2. The lowest BCUT2D eigenvalue weighted by Gasteiger charge is -2.20. The lowest BCUT2D eigenvalue weighted by molar-refractivity contribution is -0.276. The monoisotopic (exact) mass is 550 g/mol. The summed E-state index contributed by atoms with van der Waals surface area (Å²) in [6.07, 6.45) is -5.95. The van der Waals surface area contributed by atoms with Crippen LogP contribution in [0.15, 0.2) is 36.7 Å². The van der Waals surface area contributed by atoms with Gasteiger partial charge in [0.15, 0.2) is 17.4 Å². The van der Waals surface area contributed by atoms with Crippen molar-refractivity contribution in [1.29, 1.82) is 0 Å². The zero-order valence-electron chi connectivity index (χ0n) is 19.1. The van der Waals surface area contributed by atoms with Gasteiger partial charge < -0.3 is 14.2 Å². The third-order valence-electron chi connectivity index (χ3n) is 4.48. The van der Waals surface area contributed by atoms with E-state index in [2.05, 4.69) is 31.3 Å². The van der Waals surface area contributed by atoms with Crippen LogP contribution in [0.3, 0.4) is 0 Å². The molecule has 1 heterocycles. The van der Waals surface area contributed by atoms with Crippen molar-refractivity contribution in [3.63, 3.8) is 0 Å². The van der Waals surface area contributed by atoms with Gasteiger partial charge in [-0.3, -0.25) is 0 Å². The average Bonchev–Trinajstić information content (AvgIpc) is 2.79. The fraction of sp³-hybridized carbons (Fsp3) is 0.250. The summed E-state index contributed by atoms with van der Waals surface area (Å²) in [5, 5.41) is 0. The minimum Gasteiger partial charge on any atom is -0.490 e. The molecule has 0 fully saturated rings. The van der Waals surface area contributed by atoms with E-state index in [1.54, 1.807) is 0 Å². The predicted octanol–water partition coefficient (Wildman–Crippen LogP) is 6.64. The summed E-state index contributed by atoms with van der Waals surface area (Å²) in [5.74, 6) is -6.09. The van der Waals surface area contributed by atoms with Crippen LogP contribution in [-0.2, 0) is 6.11 Å². The molecule has 0 aliphatic heterocycles. The van der Waals surface area contributed by atoms with Crippen molar-refractivity contribution in [3.05, 3.63) is 76.9 Å². The number of hydrogen-bond donors (Lipinski definition) is 0. The molecule has 0 N–H and O–H groups in total. The Morgan fingerprint density at radius 3 is 1.87 bits per heavy atom. The van der Waals surface area contributed by atoms with Crippen LogP contribution in [0, 0.1) is 35.1 Å². The smallest absolute Gasteiger partial charge is 0.490 e. The first kappa shape index (κ1) is 28.4. The Labute approximate surface area is 209 Å². The number of benzene rings is 2. The topological polar surface area (TPSA) is 53.5 Å². The van der Waals surface area contributed by atoms with Crippen LogP contribution in [0.4, 0.5) is 39.5 Å². The molecule has 202 valence electrons. The third-order valence-corrected chi connectivity index (χ3v) is 4.48. The molecule has 0 saturated carbocycles. The molecule has 5 nitrogen and oxygen atoms in total. The van der Waals surface area contributed by atoms with Crippen molar-refractivity contribution in [2.24, 2.45) is 0 Å². The molecule has 14 heteroatoms. The molecule has 0 aliphatic rings. The third kappa shape index (κ3) is 7.44. The molecule has 1 aromatic heterocycles. The molecule has 2 aromatic carbocycles. The number of aromatic nitrogens is 2. The summed E-state index contributed by atoms with van der Waals surface area (Å²) < 4.78 is 135. The predicted molar refractivity (Wildman–Crippen MR) is 112 cm³/mol. The van der Waals surface area contributed by atoms with Gasteiger partial charge in [-0.15, -0.1) is 13.2 Å². The molecule has 0 aliphatic carbocycles. The summed E-state index contributed by atoms with van der Waals surface area (Å²) in [6, 6.07) is 0.723. The van der Waals surface area contributed by atoms with Gasteiger partial charge in [0.05, 0.1) is 19.0 Å². The lowest BCUT2D eigenvalue weighted by atomic mass is 10.1. The largest absolute Gasteiger partial charge is 0.573 e. The van der Waals surface area contributed by atoms with E-state index in [1.165, 1.54) is 12.4 Å². The molecule has 0 atom stereocenters.